The zero-order valence-corrected chi connectivity index (χ0v) is 10.7. The highest BCUT2D eigenvalue weighted by atomic mass is 16.3. The molecule has 0 aromatic heterocycles. The van der Waals surface area contributed by atoms with Crippen molar-refractivity contribution in [2.24, 2.45) is 5.92 Å². The van der Waals surface area contributed by atoms with Crippen molar-refractivity contribution in [3.05, 3.63) is 48.0 Å². The summed E-state index contributed by atoms with van der Waals surface area (Å²) in [6.07, 6.45) is 0. The third-order valence-electron chi connectivity index (χ3n) is 4.08. The first-order valence-electron chi connectivity index (χ1n) is 6.56. The predicted molar refractivity (Wildman–Crippen MR) is 74.8 cm³/mol. The average Bonchev–Trinajstić information content (AvgIpc) is 2.79. The number of benzene rings is 2. The second-order valence-corrected chi connectivity index (χ2v) is 5.34. The number of likely N-dealkylation sites (tertiary alicyclic amines) is 1. The van der Waals surface area contributed by atoms with E-state index < -0.39 is 0 Å². The Kier molecular flexibility index (Phi) is 3.06. The largest absolute Gasteiger partial charge is 0.396 e. The molecule has 0 radical (unpaired) electrons. The Balaban J connectivity index is 2.08. The number of aliphatic hydroxyl groups excluding tert-OH is 1. The molecular formula is C16H19NO. The Morgan fingerprint density at radius 3 is 2.72 bits per heavy atom. The van der Waals surface area contributed by atoms with Crippen LogP contribution in [0.5, 0.6) is 0 Å². The van der Waals surface area contributed by atoms with Gasteiger partial charge in [-0.1, -0.05) is 42.5 Å². The lowest BCUT2D eigenvalue weighted by molar-refractivity contribution is 0.220. The molecule has 0 aliphatic carbocycles. The molecule has 2 aromatic carbocycles. The van der Waals surface area contributed by atoms with Gasteiger partial charge in [0, 0.05) is 31.5 Å². The molecule has 18 heavy (non-hydrogen) atoms. The van der Waals surface area contributed by atoms with Gasteiger partial charge < -0.3 is 10.0 Å². The van der Waals surface area contributed by atoms with E-state index in [4.69, 9.17) is 0 Å². The average molecular weight is 241 g/mol. The van der Waals surface area contributed by atoms with Crippen molar-refractivity contribution in [1.29, 1.82) is 0 Å². The lowest BCUT2D eigenvalue weighted by Crippen LogP contribution is -2.16. The summed E-state index contributed by atoms with van der Waals surface area (Å²) in [6.45, 7) is 2.31. The topological polar surface area (TPSA) is 23.5 Å². The van der Waals surface area contributed by atoms with Gasteiger partial charge in [-0.25, -0.2) is 0 Å². The molecule has 1 heterocycles. The fourth-order valence-corrected chi connectivity index (χ4v) is 3.20. The van der Waals surface area contributed by atoms with E-state index in [9.17, 15) is 5.11 Å². The van der Waals surface area contributed by atoms with Gasteiger partial charge in [0.1, 0.15) is 0 Å². The summed E-state index contributed by atoms with van der Waals surface area (Å²) in [5.74, 6) is 0.812. The lowest BCUT2D eigenvalue weighted by Gasteiger charge is -2.18. The van der Waals surface area contributed by atoms with Gasteiger partial charge in [0.15, 0.2) is 0 Å². The minimum atomic E-state index is 0.276. The molecule has 2 heteroatoms. The fraction of sp³-hybridized carbons (Fsp3) is 0.375. The van der Waals surface area contributed by atoms with Gasteiger partial charge in [-0.2, -0.15) is 0 Å². The van der Waals surface area contributed by atoms with Crippen molar-refractivity contribution in [3.8, 4) is 0 Å². The van der Waals surface area contributed by atoms with Crippen molar-refractivity contribution in [2.45, 2.75) is 5.92 Å². The zero-order chi connectivity index (χ0) is 12.5. The summed E-state index contributed by atoms with van der Waals surface area (Å²) >= 11 is 0. The molecule has 0 bridgehead atoms. The molecule has 0 amide bonds. The lowest BCUT2D eigenvalue weighted by atomic mass is 9.86. The van der Waals surface area contributed by atoms with E-state index in [0.717, 1.165) is 13.1 Å². The van der Waals surface area contributed by atoms with Crippen LogP contribution >= 0.6 is 0 Å². The number of hydrogen-bond acceptors (Lipinski definition) is 2. The van der Waals surface area contributed by atoms with Crippen LogP contribution in [0.1, 0.15) is 11.5 Å². The maximum absolute atomic E-state index is 9.56. The number of nitrogens with zero attached hydrogens (tertiary/aromatic N) is 1. The van der Waals surface area contributed by atoms with E-state index in [-0.39, 0.29) is 6.61 Å². The highest BCUT2D eigenvalue weighted by molar-refractivity contribution is 5.86. The van der Waals surface area contributed by atoms with Gasteiger partial charge in [0.2, 0.25) is 0 Å². The van der Waals surface area contributed by atoms with Crippen molar-refractivity contribution in [2.75, 3.05) is 26.7 Å². The first-order chi connectivity index (χ1) is 8.79. The second kappa shape index (κ2) is 4.71. The Labute approximate surface area is 108 Å². The van der Waals surface area contributed by atoms with E-state index in [2.05, 4.69) is 54.4 Å². The minimum Gasteiger partial charge on any atom is -0.396 e. The maximum atomic E-state index is 9.56. The van der Waals surface area contributed by atoms with E-state index >= 15 is 0 Å². The van der Waals surface area contributed by atoms with Crippen LogP contribution in [0.4, 0.5) is 0 Å². The van der Waals surface area contributed by atoms with Crippen molar-refractivity contribution < 1.29 is 5.11 Å². The molecule has 1 aliphatic heterocycles. The first kappa shape index (κ1) is 11.7. The van der Waals surface area contributed by atoms with E-state index in [1.165, 1.54) is 16.3 Å². The first-order valence-corrected chi connectivity index (χ1v) is 6.56. The molecule has 0 unspecified atom stereocenters. The summed E-state index contributed by atoms with van der Waals surface area (Å²) in [5.41, 5.74) is 1.39. The second-order valence-electron chi connectivity index (χ2n) is 5.34. The fourth-order valence-electron chi connectivity index (χ4n) is 3.20. The quantitative estimate of drug-likeness (QED) is 0.873. The van der Waals surface area contributed by atoms with Crippen molar-refractivity contribution >= 4 is 10.8 Å². The number of hydrogen-bond donors (Lipinski definition) is 1. The van der Waals surface area contributed by atoms with Gasteiger partial charge in [-0.15, -0.1) is 0 Å². The third-order valence-corrected chi connectivity index (χ3v) is 4.08. The molecule has 94 valence electrons. The van der Waals surface area contributed by atoms with Crippen LogP contribution in [0.2, 0.25) is 0 Å². The Morgan fingerprint density at radius 2 is 1.89 bits per heavy atom. The Hall–Kier alpha value is -1.38. The SMILES string of the molecule is CN1C[C@H](CO)[C@H](c2cccc3ccccc23)C1. The number of fused-ring (bicyclic) bond motifs is 1. The highest BCUT2D eigenvalue weighted by Gasteiger charge is 2.32. The molecule has 3 rings (SSSR count). The monoisotopic (exact) mass is 241 g/mol. The van der Waals surface area contributed by atoms with Crippen LogP contribution in [0.3, 0.4) is 0 Å². The van der Waals surface area contributed by atoms with Gasteiger partial charge in [-0.05, 0) is 23.4 Å². The summed E-state index contributed by atoms with van der Waals surface area (Å²) in [6, 6.07) is 15.0. The van der Waals surface area contributed by atoms with Crippen LogP contribution in [0.25, 0.3) is 10.8 Å². The molecular weight excluding hydrogens is 222 g/mol. The van der Waals surface area contributed by atoms with Crippen LogP contribution in [0.15, 0.2) is 42.5 Å². The third kappa shape index (κ3) is 1.92. The Bertz CT molecular complexity index is 546. The van der Waals surface area contributed by atoms with Crippen LogP contribution in [-0.2, 0) is 0 Å². The molecule has 1 fully saturated rings. The van der Waals surface area contributed by atoms with Crippen LogP contribution < -0.4 is 0 Å². The molecule has 2 atom stereocenters. The number of rotatable bonds is 2. The molecule has 1 aliphatic rings. The summed E-state index contributed by atoms with van der Waals surface area (Å²) in [4.78, 5) is 2.31. The molecule has 1 saturated heterocycles. The van der Waals surface area contributed by atoms with E-state index in [0.29, 0.717) is 11.8 Å². The maximum Gasteiger partial charge on any atom is 0.0477 e. The summed E-state index contributed by atoms with van der Waals surface area (Å²) < 4.78 is 0. The van der Waals surface area contributed by atoms with E-state index in [1.54, 1.807) is 0 Å². The molecule has 1 N–H and O–H groups in total. The predicted octanol–water partition coefficient (Wildman–Crippen LogP) is 2.48. The van der Waals surface area contributed by atoms with Crippen LogP contribution in [0, 0.1) is 5.92 Å². The number of aliphatic hydroxyl groups is 1. The molecule has 2 aromatic rings. The summed E-state index contributed by atoms with van der Waals surface area (Å²) in [5, 5.41) is 12.2. The zero-order valence-electron chi connectivity index (χ0n) is 10.7. The van der Waals surface area contributed by atoms with Crippen molar-refractivity contribution in [1.82, 2.24) is 4.90 Å². The minimum absolute atomic E-state index is 0.276. The van der Waals surface area contributed by atoms with Crippen LogP contribution in [-0.4, -0.2) is 36.8 Å². The number of likely N-dealkylation sites (N-methyl/N-ethyl adjacent to an activating group) is 1. The molecule has 2 nitrogen and oxygen atoms in total. The van der Waals surface area contributed by atoms with Gasteiger partial charge in [-0.3, -0.25) is 0 Å². The summed E-state index contributed by atoms with van der Waals surface area (Å²) in [7, 11) is 2.13. The van der Waals surface area contributed by atoms with E-state index in [1.807, 2.05) is 0 Å². The smallest absolute Gasteiger partial charge is 0.0477 e. The van der Waals surface area contributed by atoms with Gasteiger partial charge in [0.25, 0.3) is 0 Å². The normalized spacial score (nSPS) is 24.8. The Morgan fingerprint density at radius 1 is 1.11 bits per heavy atom. The van der Waals surface area contributed by atoms with Gasteiger partial charge >= 0.3 is 0 Å². The highest BCUT2D eigenvalue weighted by Crippen LogP contribution is 2.35. The standard InChI is InChI=1S/C16H19NO/c1-17-9-13(11-18)16(10-17)15-8-4-6-12-5-2-3-7-14(12)15/h2-8,13,16,18H,9-11H2,1H3/t13-,16-/m1/s1. The molecule has 0 spiro atoms. The van der Waals surface area contributed by atoms with Gasteiger partial charge in [0.05, 0.1) is 0 Å². The molecule has 0 saturated carbocycles. The van der Waals surface area contributed by atoms with Crippen molar-refractivity contribution in [3.63, 3.8) is 0 Å².